The Kier molecular flexibility index (Phi) is 4.06. The fourth-order valence-corrected chi connectivity index (χ4v) is 4.24. The fourth-order valence-electron chi connectivity index (χ4n) is 2.66. The minimum Gasteiger partial charge on any atom is -0.478 e. The molecule has 0 saturated carbocycles. The molecular weight excluding hydrogens is 264 g/mol. The van der Waals surface area contributed by atoms with Gasteiger partial charge in [-0.15, -0.1) is 0 Å². The molecule has 1 aromatic carbocycles. The molecule has 1 aliphatic heterocycles. The second-order valence-corrected chi connectivity index (χ2v) is 6.20. The van der Waals surface area contributed by atoms with E-state index in [0.29, 0.717) is 24.3 Å². The van der Waals surface area contributed by atoms with Crippen molar-refractivity contribution in [3.63, 3.8) is 0 Å². The van der Waals surface area contributed by atoms with Crippen LogP contribution in [0.15, 0.2) is 11.0 Å². The average Bonchev–Trinajstić information content (AvgIpc) is 2.35. The molecule has 5 heteroatoms. The van der Waals surface area contributed by atoms with Crippen LogP contribution in [0.4, 0.5) is 0 Å². The summed E-state index contributed by atoms with van der Waals surface area (Å²) in [7, 11) is -1.06. The zero-order valence-corrected chi connectivity index (χ0v) is 12.2. The van der Waals surface area contributed by atoms with Gasteiger partial charge in [0.05, 0.1) is 22.5 Å². The number of ether oxygens (including phenoxy) is 1. The predicted octanol–water partition coefficient (Wildman–Crippen LogP) is 2.59. The summed E-state index contributed by atoms with van der Waals surface area (Å²) in [6.45, 7) is 6.06. The number of carboxylic acid groups (broad SMARTS) is 1. The number of fused-ring (bicyclic) bond motifs is 1. The maximum absolute atomic E-state index is 12.2. The largest absolute Gasteiger partial charge is 0.478 e. The van der Waals surface area contributed by atoms with Gasteiger partial charge in [-0.3, -0.25) is 4.21 Å². The highest BCUT2D eigenvalue weighted by Gasteiger charge is 2.30. The summed E-state index contributed by atoms with van der Waals surface area (Å²) in [6.07, 6.45) is 0.535. The second kappa shape index (κ2) is 5.43. The quantitative estimate of drug-likeness (QED) is 0.925. The zero-order chi connectivity index (χ0) is 14.2. The molecule has 0 radical (unpaired) electrons. The van der Waals surface area contributed by atoms with Crippen LogP contribution in [0.3, 0.4) is 0 Å². The van der Waals surface area contributed by atoms with Crippen LogP contribution >= 0.6 is 0 Å². The Bertz CT molecular complexity index is 551. The van der Waals surface area contributed by atoms with E-state index < -0.39 is 16.8 Å². The Hall–Kier alpha value is -1.20. The maximum atomic E-state index is 12.2. The number of rotatable bonds is 3. The molecule has 1 heterocycles. The van der Waals surface area contributed by atoms with Crippen LogP contribution in [0.2, 0.25) is 0 Å². The summed E-state index contributed by atoms with van der Waals surface area (Å²) in [5.41, 5.74) is 2.56. The molecule has 1 aromatic rings. The molecule has 4 nitrogen and oxygen atoms in total. The van der Waals surface area contributed by atoms with E-state index in [2.05, 4.69) is 0 Å². The van der Waals surface area contributed by atoms with E-state index in [-0.39, 0.29) is 11.7 Å². The SMILES string of the molecule is CCOC1CCS(=O)c2c(C)cc(C(=O)O)c(C)c21. The molecule has 0 spiro atoms. The normalized spacial score (nSPS) is 22.1. The topological polar surface area (TPSA) is 63.6 Å². The zero-order valence-electron chi connectivity index (χ0n) is 11.4. The van der Waals surface area contributed by atoms with E-state index >= 15 is 0 Å². The van der Waals surface area contributed by atoms with E-state index in [1.165, 1.54) is 0 Å². The van der Waals surface area contributed by atoms with Gasteiger partial charge in [0.2, 0.25) is 0 Å². The van der Waals surface area contributed by atoms with Gasteiger partial charge in [0.1, 0.15) is 0 Å². The van der Waals surface area contributed by atoms with E-state index in [1.807, 2.05) is 13.8 Å². The monoisotopic (exact) mass is 282 g/mol. The van der Waals surface area contributed by atoms with Gasteiger partial charge in [0.25, 0.3) is 0 Å². The molecule has 0 aliphatic carbocycles. The van der Waals surface area contributed by atoms with Crippen LogP contribution in [0.5, 0.6) is 0 Å². The van der Waals surface area contributed by atoms with Crippen LogP contribution in [0.25, 0.3) is 0 Å². The number of aromatic carboxylic acids is 1. The van der Waals surface area contributed by atoms with Gasteiger partial charge < -0.3 is 9.84 Å². The molecule has 2 atom stereocenters. The Labute approximate surface area is 115 Å². The third kappa shape index (κ3) is 2.44. The lowest BCUT2D eigenvalue weighted by molar-refractivity contribution is 0.0562. The molecule has 1 aliphatic rings. The number of aryl methyl sites for hydroxylation is 1. The van der Waals surface area contributed by atoms with Crippen LogP contribution in [-0.4, -0.2) is 27.6 Å². The van der Waals surface area contributed by atoms with Gasteiger partial charge in [-0.2, -0.15) is 0 Å². The number of carbonyl (C=O) groups is 1. The lowest BCUT2D eigenvalue weighted by Gasteiger charge is -2.28. The highest BCUT2D eigenvalue weighted by Crippen LogP contribution is 2.38. The van der Waals surface area contributed by atoms with E-state index in [1.54, 1.807) is 13.0 Å². The first-order valence-corrected chi connectivity index (χ1v) is 7.66. The van der Waals surface area contributed by atoms with Gasteiger partial charge in [-0.1, -0.05) is 0 Å². The van der Waals surface area contributed by atoms with Crippen molar-refractivity contribution >= 4 is 16.8 Å². The predicted molar refractivity (Wildman–Crippen MR) is 73.1 cm³/mol. The van der Waals surface area contributed by atoms with Crippen LogP contribution in [-0.2, 0) is 15.5 Å². The van der Waals surface area contributed by atoms with Gasteiger partial charge in [0.15, 0.2) is 0 Å². The van der Waals surface area contributed by atoms with Crippen molar-refractivity contribution in [1.29, 1.82) is 0 Å². The Balaban J connectivity index is 2.69. The van der Waals surface area contributed by atoms with E-state index in [9.17, 15) is 14.1 Å². The van der Waals surface area contributed by atoms with Crippen LogP contribution < -0.4 is 0 Å². The van der Waals surface area contributed by atoms with Gasteiger partial charge >= 0.3 is 5.97 Å². The molecule has 0 saturated heterocycles. The number of carboxylic acids is 1. The van der Waals surface area contributed by atoms with Crippen molar-refractivity contribution in [2.75, 3.05) is 12.4 Å². The standard InChI is InChI=1S/C14H18O4S/c1-4-18-11-5-6-19(17)13-8(2)7-10(14(15)16)9(3)12(11)13/h7,11H,4-6H2,1-3H3,(H,15,16). The maximum Gasteiger partial charge on any atom is 0.335 e. The van der Waals surface area contributed by atoms with Crippen molar-refractivity contribution in [1.82, 2.24) is 0 Å². The molecular formula is C14H18O4S. The number of hydrogen-bond acceptors (Lipinski definition) is 3. The molecule has 0 amide bonds. The highest BCUT2D eigenvalue weighted by molar-refractivity contribution is 7.85. The minimum atomic E-state index is -1.06. The molecule has 1 N–H and O–H groups in total. The van der Waals surface area contributed by atoms with Gasteiger partial charge in [0, 0.05) is 22.8 Å². The van der Waals surface area contributed by atoms with E-state index in [0.717, 1.165) is 16.0 Å². The lowest BCUT2D eigenvalue weighted by Crippen LogP contribution is -2.22. The van der Waals surface area contributed by atoms with Crippen molar-refractivity contribution < 1.29 is 18.8 Å². The van der Waals surface area contributed by atoms with Crippen molar-refractivity contribution in [2.24, 2.45) is 0 Å². The average molecular weight is 282 g/mol. The summed E-state index contributed by atoms with van der Waals surface area (Å²) < 4.78 is 17.9. The summed E-state index contributed by atoms with van der Waals surface area (Å²) in [4.78, 5) is 12.1. The summed E-state index contributed by atoms with van der Waals surface area (Å²) >= 11 is 0. The third-order valence-electron chi connectivity index (χ3n) is 3.48. The number of benzene rings is 1. The van der Waals surface area contributed by atoms with Crippen molar-refractivity contribution in [3.8, 4) is 0 Å². The van der Waals surface area contributed by atoms with Crippen LogP contribution in [0, 0.1) is 13.8 Å². The smallest absolute Gasteiger partial charge is 0.335 e. The summed E-state index contributed by atoms with van der Waals surface area (Å²) in [6, 6.07) is 1.61. The fraction of sp³-hybridized carbons (Fsp3) is 0.500. The molecule has 0 aromatic heterocycles. The minimum absolute atomic E-state index is 0.143. The van der Waals surface area contributed by atoms with E-state index in [4.69, 9.17) is 4.74 Å². The molecule has 19 heavy (non-hydrogen) atoms. The third-order valence-corrected chi connectivity index (χ3v) is 5.09. The van der Waals surface area contributed by atoms with Crippen molar-refractivity contribution in [3.05, 3.63) is 28.3 Å². The Morgan fingerprint density at radius 2 is 2.21 bits per heavy atom. The van der Waals surface area contributed by atoms with Crippen molar-refractivity contribution in [2.45, 2.75) is 38.2 Å². The van der Waals surface area contributed by atoms with Crippen LogP contribution in [0.1, 0.15) is 46.5 Å². The molecule has 0 fully saturated rings. The Morgan fingerprint density at radius 3 is 2.79 bits per heavy atom. The van der Waals surface area contributed by atoms with Gasteiger partial charge in [-0.05, 0) is 44.4 Å². The Morgan fingerprint density at radius 1 is 1.53 bits per heavy atom. The molecule has 104 valence electrons. The number of hydrogen-bond donors (Lipinski definition) is 1. The van der Waals surface area contributed by atoms with Gasteiger partial charge in [-0.25, -0.2) is 4.79 Å². The first-order chi connectivity index (χ1) is 8.97. The summed E-state index contributed by atoms with van der Waals surface area (Å²) in [5, 5.41) is 9.26. The lowest BCUT2D eigenvalue weighted by atomic mass is 9.94. The molecule has 2 rings (SSSR count). The molecule has 2 unspecified atom stereocenters. The first kappa shape index (κ1) is 14.2. The highest BCUT2D eigenvalue weighted by atomic mass is 32.2. The second-order valence-electron chi connectivity index (χ2n) is 4.70. The molecule has 0 bridgehead atoms. The first-order valence-electron chi connectivity index (χ1n) is 6.34. The summed E-state index contributed by atoms with van der Waals surface area (Å²) in [5.74, 6) is -0.375.